The Hall–Kier alpha value is -2.37. The highest BCUT2D eigenvalue weighted by molar-refractivity contribution is 7.91. The lowest BCUT2D eigenvalue weighted by molar-refractivity contribution is 0.483. The first-order chi connectivity index (χ1) is 11.6. The third kappa shape index (κ3) is 2.20. The van der Waals surface area contributed by atoms with E-state index in [9.17, 15) is 8.42 Å². The van der Waals surface area contributed by atoms with Gasteiger partial charge in [0, 0.05) is 5.56 Å². The monoisotopic (exact) mass is 353 g/mol. The van der Waals surface area contributed by atoms with E-state index in [2.05, 4.69) is 6.58 Å². The molecule has 0 radical (unpaired) electrons. The quantitative estimate of drug-likeness (QED) is 0.694. The molecule has 0 aliphatic carbocycles. The number of thiophene rings is 1. The maximum absolute atomic E-state index is 13.2. The van der Waals surface area contributed by atoms with Crippen molar-refractivity contribution in [3.05, 3.63) is 95.4 Å². The fraction of sp³-hybridized carbons (Fsp3) is 0.0526. The normalized spacial score (nSPS) is 17.1. The number of fused-ring (bicyclic) bond motifs is 1. The molecule has 1 atom stereocenters. The first-order valence-electron chi connectivity index (χ1n) is 7.52. The van der Waals surface area contributed by atoms with Gasteiger partial charge < -0.3 is 0 Å². The fourth-order valence-corrected chi connectivity index (χ4v) is 5.83. The van der Waals surface area contributed by atoms with Crippen LogP contribution in [0.5, 0.6) is 0 Å². The van der Waals surface area contributed by atoms with Crippen LogP contribution in [0.4, 0.5) is 0 Å². The third-order valence-corrected chi connectivity index (χ3v) is 7.37. The van der Waals surface area contributed by atoms with E-state index in [4.69, 9.17) is 0 Å². The van der Waals surface area contributed by atoms with Gasteiger partial charge in [0.1, 0.15) is 4.21 Å². The van der Waals surface area contributed by atoms with Crippen LogP contribution in [-0.2, 0) is 10.0 Å². The summed E-state index contributed by atoms with van der Waals surface area (Å²) in [5, 5.41) is 1.77. The molecule has 0 spiro atoms. The van der Waals surface area contributed by atoms with Crippen LogP contribution in [0, 0.1) is 0 Å². The van der Waals surface area contributed by atoms with Crippen molar-refractivity contribution in [2.45, 2.75) is 10.3 Å². The van der Waals surface area contributed by atoms with Crippen molar-refractivity contribution in [2.75, 3.05) is 0 Å². The van der Waals surface area contributed by atoms with Crippen molar-refractivity contribution in [3.63, 3.8) is 0 Å². The zero-order chi connectivity index (χ0) is 16.7. The van der Waals surface area contributed by atoms with Crippen molar-refractivity contribution in [1.82, 2.24) is 4.31 Å². The number of nitrogens with zero attached hydrogens (tertiary/aromatic N) is 1. The second-order valence-corrected chi connectivity index (χ2v) is 8.57. The van der Waals surface area contributed by atoms with Gasteiger partial charge in [0.2, 0.25) is 0 Å². The number of hydrogen-bond donors (Lipinski definition) is 0. The molecule has 120 valence electrons. The predicted octanol–water partition coefficient (Wildman–Crippen LogP) is 4.51. The zero-order valence-electron chi connectivity index (χ0n) is 12.8. The van der Waals surface area contributed by atoms with Crippen molar-refractivity contribution in [1.29, 1.82) is 0 Å². The molecule has 0 saturated heterocycles. The van der Waals surface area contributed by atoms with Crippen LogP contribution in [0.2, 0.25) is 0 Å². The minimum atomic E-state index is -3.66. The summed E-state index contributed by atoms with van der Waals surface area (Å²) >= 11 is 1.22. The molecule has 4 rings (SSSR count). The zero-order valence-corrected chi connectivity index (χ0v) is 14.4. The first kappa shape index (κ1) is 15.2. The van der Waals surface area contributed by atoms with Crippen LogP contribution in [0.1, 0.15) is 22.7 Å². The summed E-state index contributed by atoms with van der Waals surface area (Å²) in [5.74, 6) is 0. The molecule has 2 aromatic carbocycles. The van der Waals surface area contributed by atoms with Crippen LogP contribution in [0.25, 0.3) is 5.70 Å². The van der Waals surface area contributed by atoms with Gasteiger partial charge in [0.05, 0.1) is 11.7 Å². The molecule has 1 aliphatic rings. The Morgan fingerprint density at radius 3 is 2.33 bits per heavy atom. The van der Waals surface area contributed by atoms with Crippen LogP contribution >= 0.6 is 11.3 Å². The number of hydrogen-bond acceptors (Lipinski definition) is 3. The topological polar surface area (TPSA) is 37.4 Å². The van der Waals surface area contributed by atoms with E-state index in [-0.39, 0.29) is 6.04 Å². The lowest BCUT2D eigenvalue weighted by atomic mass is 9.98. The van der Waals surface area contributed by atoms with E-state index in [0.29, 0.717) is 9.91 Å². The molecule has 3 aromatic rings. The Morgan fingerprint density at radius 1 is 0.917 bits per heavy atom. The maximum Gasteiger partial charge on any atom is 0.274 e. The molecule has 24 heavy (non-hydrogen) atoms. The Kier molecular flexibility index (Phi) is 3.55. The van der Waals surface area contributed by atoms with E-state index in [1.165, 1.54) is 15.6 Å². The summed E-state index contributed by atoms with van der Waals surface area (Å²) in [7, 11) is -3.66. The van der Waals surface area contributed by atoms with Gasteiger partial charge in [-0.3, -0.25) is 4.31 Å². The summed E-state index contributed by atoms with van der Waals surface area (Å²) in [6.45, 7) is 4.08. The largest absolute Gasteiger partial charge is 0.274 e. The van der Waals surface area contributed by atoms with Gasteiger partial charge in [-0.15, -0.1) is 11.3 Å². The van der Waals surface area contributed by atoms with Gasteiger partial charge in [-0.25, -0.2) is 8.42 Å². The highest BCUT2D eigenvalue weighted by Gasteiger charge is 2.41. The van der Waals surface area contributed by atoms with E-state index >= 15 is 0 Å². The lowest BCUT2D eigenvalue weighted by Crippen LogP contribution is -2.29. The summed E-state index contributed by atoms with van der Waals surface area (Å²) in [5.41, 5.74) is 3.30. The molecule has 2 heterocycles. The molecular formula is C19H15NO2S2. The van der Waals surface area contributed by atoms with Gasteiger partial charge >= 0.3 is 0 Å². The van der Waals surface area contributed by atoms with E-state index in [1.54, 1.807) is 17.5 Å². The number of sulfonamides is 1. The number of benzene rings is 2. The van der Waals surface area contributed by atoms with Crippen molar-refractivity contribution >= 4 is 27.1 Å². The smallest absolute Gasteiger partial charge is 0.254 e. The van der Waals surface area contributed by atoms with Crippen molar-refractivity contribution < 1.29 is 8.42 Å². The van der Waals surface area contributed by atoms with E-state index < -0.39 is 10.0 Å². The number of rotatable bonds is 3. The summed E-state index contributed by atoms with van der Waals surface area (Å²) in [6, 6.07) is 20.4. The second kappa shape index (κ2) is 5.61. The molecule has 0 saturated carbocycles. The van der Waals surface area contributed by atoms with Gasteiger partial charge in [0.25, 0.3) is 10.0 Å². The van der Waals surface area contributed by atoms with Crippen molar-refractivity contribution in [2.24, 2.45) is 0 Å². The summed E-state index contributed by atoms with van der Waals surface area (Å²) < 4.78 is 28.3. The van der Waals surface area contributed by atoms with E-state index in [0.717, 1.165) is 16.7 Å². The highest BCUT2D eigenvalue weighted by Crippen LogP contribution is 2.47. The van der Waals surface area contributed by atoms with Crippen LogP contribution < -0.4 is 0 Å². The molecule has 0 bridgehead atoms. The Morgan fingerprint density at radius 2 is 1.62 bits per heavy atom. The van der Waals surface area contributed by atoms with Gasteiger partial charge in [0.15, 0.2) is 0 Å². The molecule has 0 N–H and O–H groups in total. The highest BCUT2D eigenvalue weighted by atomic mass is 32.2. The van der Waals surface area contributed by atoms with Crippen LogP contribution in [0.3, 0.4) is 0 Å². The van der Waals surface area contributed by atoms with E-state index in [1.807, 2.05) is 54.6 Å². The molecule has 1 unspecified atom stereocenters. The Balaban J connectivity index is 1.94. The molecule has 3 nitrogen and oxygen atoms in total. The first-order valence-corrected chi connectivity index (χ1v) is 9.84. The summed E-state index contributed by atoms with van der Waals surface area (Å²) in [6.07, 6.45) is 0. The molecule has 0 fully saturated rings. The third-order valence-electron chi connectivity index (χ3n) is 4.19. The predicted molar refractivity (Wildman–Crippen MR) is 97.1 cm³/mol. The van der Waals surface area contributed by atoms with Gasteiger partial charge in [-0.05, 0) is 22.6 Å². The average Bonchev–Trinajstić information content (AvgIpc) is 3.23. The van der Waals surface area contributed by atoms with Crippen molar-refractivity contribution in [3.8, 4) is 0 Å². The SMILES string of the molecule is C=C1c2ccccc2C(c2ccccc2)N1S(=O)(=O)c1cccs1. The van der Waals surface area contributed by atoms with Crippen LogP contribution in [0.15, 0.2) is 82.9 Å². The maximum atomic E-state index is 13.2. The summed E-state index contributed by atoms with van der Waals surface area (Å²) in [4.78, 5) is 0. The minimum absolute atomic E-state index is 0.331. The van der Waals surface area contributed by atoms with Gasteiger partial charge in [-0.1, -0.05) is 67.2 Å². The Bertz CT molecular complexity index is 993. The Labute approximate surface area is 145 Å². The molecule has 1 aliphatic heterocycles. The molecule has 0 amide bonds. The molecule has 1 aromatic heterocycles. The minimum Gasteiger partial charge on any atom is -0.254 e. The fourth-order valence-electron chi connectivity index (χ4n) is 3.14. The van der Waals surface area contributed by atoms with Gasteiger partial charge in [-0.2, -0.15) is 0 Å². The van der Waals surface area contributed by atoms with Crippen LogP contribution in [-0.4, -0.2) is 12.7 Å². The molecule has 5 heteroatoms. The second-order valence-electron chi connectivity index (χ2n) is 5.58. The lowest BCUT2D eigenvalue weighted by Gasteiger charge is -2.27. The standard InChI is InChI=1S/C19H15NO2S2/c1-14-16-10-5-6-11-17(16)19(15-8-3-2-4-9-15)20(14)24(21,22)18-12-7-13-23-18/h2-13,19H,1H2. The average molecular weight is 353 g/mol. The molecular weight excluding hydrogens is 338 g/mol.